The van der Waals surface area contributed by atoms with Gasteiger partial charge in [0.25, 0.3) is 0 Å². The number of esters is 4. The van der Waals surface area contributed by atoms with Gasteiger partial charge in [-0.05, 0) is 31.6 Å². The minimum atomic E-state index is -4.96. The van der Waals surface area contributed by atoms with Crippen molar-refractivity contribution in [2.75, 3.05) is 39.6 Å². The van der Waals surface area contributed by atoms with Crippen molar-refractivity contribution in [3.8, 4) is 0 Å². The summed E-state index contributed by atoms with van der Waals surface area (Å²) in [5.74, 6) is -1.32. The predicted octanol–water partition coefficient (Wildman–Crippen LogP) is 26.0. The fourth-order valence-electron chi connectivity index (χ4n) is 13.3. The standard InChI is InChI=1S/C85H166O17P2/c1-6-10-13-16-19-22-25-28-31-32-33-34-35-36-37-40-43-46-49-56-61-66-71-84(89)101-80(74-95-82(87)68-63-58-53-47-44-41-38-29-26-23-20-17-14-11-7-2)76-99-103(91,92)97-72-79(86)73-98-104(93,94)100-77-81(75-96-83(88)69-64-59-54-51-50-52-57-62-67-78(5)9-4)102-85(90)70-65-60-55-48-45-42-39-30-27-24-21-18-15-12-8-3/h78-81,86H,6-77H2,1-5H3,(H,91,92)(H,93,94)/t78?,79-,80-,81-/m1/s1. The first-order valence-electron chi connectivity index (χ1n) is 44.2. The van der Waals surface area contributed by atoms with Crippen molar-refractivity contribution in [2.45, 2.75) is 477 Å². The molecule has 0 aromatic carbocycles. The van der Waals surface area contributed by atoms with Gasteiger partial charge in [0.15, 0.2) is 12.2 Å². The number of aliphatic hydroxyl groups excluding tert-OH is 1. The molecule has 19 heteroatoms. The van der Waals surface area contributed by atoms with Crippen LogP contribution >= 0.6 is 15.6 Å². The lowest BCUT2D eigenvalue weighted by molar-refractivity contribution is -0.161. The summed E-state index contributed by atoms with van der Waals surface area (Å²) < 4.78 is 68.9. The lowest BCUT2D eigenvalue weighted by Crippen LogP contribution is -2.30. The van der Waals surface area contributed by atoms with E-state index < -0.39 is 97.5 Å². The van der Waals surface area contributed by atoms with Gasteiger partial charge in [-0.3, -0.25) is 37.3 Å². The van der Waals surface area contributed by atoms with Crippen molar-refractivity contribution >= 4 is 39.5 Å². The van der Waals surface area contributed by atoms with Crippen LogP contribution < -0.4 is 0 Å². The Balaban J connectivity index is 5.23. The van der Waals surface area contributed by atoms with Crippen LogP contribution in [-0.4, -0.2) is 96.7 Å². The molecule has 0 aromatic heterocycles. The van der Waals surface area contributed by atoms with Crippen LogP contribution in [0, 0.1) is 5.92 Å². The number of aliphatic hydroxyl groups is 1. The normalized spacial score (nSPS) is 14.0. The second-order valence-corrected chi connectivity index (χ2v) is 33.7. The van der Waals surface area contributed by atoms with Crippen molar-refractivity contribution in [3.63, 3.8) is 0 Å². The first kappa shape index (κ1) is 102. The van der Waals surface area contributed by atoms with Crippen molar-refractivity contribution in [1.29, 1.82) is 0 Å². The molecule has 6 atom stereocenters. The molecule has 104 heavy (non-hydrogen) atoms. The molecule has 0 aliphatic heterocycles. The highest BCUT2D eigenvalue weighted by Gasteiger charge is 2.30. The van der Waals surface area contributed by atoms with Gasteiger partial charge < -0.3 is 33.8 Å². The number of unbranched alkanes of at least 4 members (excludes halogenated alkanes) is 56. The molecular weight excluding hydrogens is 1350 g/mol. The van der Waals surface area contributed by atoms with Crippen LogP contribution in [0.2, 0.25) is 0 Å². The van der Waals surface area contributed by atoms with Crippen LogP contribution in [0.5, 0.6) is 0 Å². The van der Waals surface area contributed by atoms with Crippen molar-refractivity contribution in [1.82, 2.24) is 0 Å². The van der Waals surface area contributed by atoms with Gasteiger partial charge in [0.2, 0.25) is 0 Å². The molecule has 0 rings (SSSR count). The molecule has 0 spiro atoms. The van der Waals surface area contributed by atoms with Gasteiger partial charge in [-0.1, -0.05) is 407 Å². The average Bonchev–Trinajstić information content (AvgIpc) is 0.910. The van der Waals surface area contributed by atoms with E-state index >= 15 is 0 Å². The second-order valence-electron chi connectivity index (χ2n) is 30.8. The zero-order valence-electron chi connectivity index (χ0n) is 68.2. The number of rotatable bonds is 85. The third-order valence-electron chi connectivity index (χ3n) is 20.4. The number of phosphoric ester groups is 2. The summed E-state index contributed by atoms with van der Waals surface area (Å²) in [7, 11) is -9.93. The number of hydrogen-bond acceptors (Lipinski definition) is 15. The van der Waals surface area contributed by atoms with Crippen molar-refractivity contribution in [2.24, 2.45) is 5.92 Å². The summed E-state index contributed by atoms with van der Waals surface area (Å²) in [6.07, 6.45) is 70.8. The van der Waals surface area contributed by atoms with E-state index in [2.05, 4.69) is 34.6 Å². The topological polar surface area (TPSA) is 237 Å². The van der Waals surface area contributed by atoms with E-state index in [1.807, 2.05) is 0 Å². The zero-order valence-corrected chi connectivity index (χ0v) is 70.0. The lowest BCUT2D eigenvalue weighted by Gasteiger charge is -2.21. The van der Waals surface area contributed by atoms with Gasteiger partial charge in [-0.15, -0.1) is 0 Å². The van der Waals surface area contributed by atoms with Gasteiger partial charge >= 0.3 is 39.5 Å². The fourth-order valence-corrected chi connectivity index (χ4v) is 14.8. The third-order valence-corrected chi connectivity index (χ3v) is 22.3. The monoisotopic (exact) mass is 1520 g/mol. The number of carbonyl (C=O) groups is 4. The Kier molecular flexibility index (Phi) is 76.3. The van der Waals surface area contributed by atoms with E-state index in [9.17, 15) is 43.2 Å². The Morgan fingerprint density at radius 3 is 0.683 bits per heavy atom. The van der Waals surface area contributed by atoms with Crippen LogP contribution in [0.1, 0.15) is 458 Å². The maximum Gasteiger partial charge on any atom is 0.472 e. The van der Waals surface area contributed by atoms with E-state index in [0.717, 1.165) is 95.8 Å². The Morgan fingerprint density at radius 1 is 0.269 bits per heavy atom. The Bertz CT molecular complexity index is 1980. The van der Waals surface area contributed by atoms with Crippen LogP contribution in [0.15, 0.2) is 0 Å². The smallest absolute Gasteiger partial charge is 0.462 e. The Morgan fingerprint density at radius 2 is 0.462 bits per heavy atom. The van der Waals surface area contributed by atoms with Crippen LogP contribution in [0.25, 0.3) is 0 Å². The SMILES string of the molecule is CCCCCCCCCCCCCCCCCCCCCCCCC(=O)O[C@H](COC(=O)CCCCCCCCCCCCCCCCC)COP(=O)(O)OC[C@@H](O)COP(=O)(O)OC[C@@H](COC(=O)CCCCCCCCCCC(C)CC)OC(=O)CCCCCCCCCCCCCCCCC. The zero-order chi connectivity index (χ0) is 76.2. The summed E-state index contributed by atoms with van der Waals surface area (Å²) in [4.78, 5) is 73.2. The van der Waals surface area contributed by atoms with E-state index in [0.29, 0.717) is 25.7 Å². The molecule has 0 saturated heterocycles. The quantitative estimate of drug-likeness (QED) is 0.0222. The largest absolute Gasteiger partial charge is 0.472 e. The summed E-state index contributed by atoms with van der Waals surface area (Å²) >= 11 is 0. The number of hydrogen-bond donors (Lipinski definition) is 3. The number of phosphoric acid groups is 2. The van der Waals surface area contributed by atoms with Crippen LogP contribution in [-0.2, 0) is 65.4 Å². The highest BCUT2D eigenvalue weighted by molar-refractivity contribution is 7.47. The lowest BCUT2D eigenvalue weighted by atomic mass is 9.99. The molecule has 0 aliphatic rings. The van der Waals surface area contributed by atoms with Gasteiger partial charge in [-0.2, -0.15) is 0 Å². The minimum Gasteiger partial charge on any atom is -0.462 e. The molecule has 0 fully saturated rings. The highest BCUT2D eigenvalue weighted by Crippen LogP contribution is 2.45. The number of carbonyl (C=O) groups excluding carboxylic acids is 4. The molecular formula is C85H166O17P2. The number of ether oxygens (including phenoxy) is 4. The molecule has 17 nitrogen and oxygen atoms in total. The molecule has 0 bridgehead atoms. The second kappa shape index (κ2) is 77.8. The molecule has 0 heterocycles. The molecule has 0 amide bonds. The summed E-state index contributed by atoms with van der Waals surface area (Å²) in [6.45, 7) is 7.36. The van der Waals surface area contributed by atoms with Crippen molar-refractivity contribution in [3.05, 3.63) is 0 Å². The van der Waals surface area contributed by atoms with Crippen molar-refractivity contribution < 1.29 is 80.2 Å². The average molecular weight is 1520 g/mol. The van der Waals surface area contributed by atoms with Crippen LogP contribution in [0.4, 0.5) is 0 Å². The predicted molar refractivity (Wildman–Crippen MR) is 428 cm³/mol. The van der Waals surface area contributed by atoms with E-state index in [1.54, 1.807) is 0 Å². The minimum absolute atomic E-state index is 0.108. The van der Waals surface area contributed by atoms with Gasteiger partial charge in [0.1, 0.15) is 19.3 Å². The van der Waals surface area contributed by atoms with Gasteiger partial charge in [0, 0.05) is 25.7 Å². The highest BCUT2D eigenvalue weighted by atomic mass is 31.2. The summed E-state index contributed by atoms with van der Waals surface area (Å²) in [5, 5.41) is 10.7. The van der Waals surface area contributed by atoms with E-state index in [4.69, 9.17) is 37.0 Å². The maximum absolute atomic E-state index is 13.1. The van der Waals surface area contributed by atoms with E-state index in [-0.39, 0.29) is 25.7 Å². The summed E-state index contributed by atoms with van der Waals surface area (Å²) in [6, 6.07) is 0. The molecule has 0 radical (unpaired) electrons. The van der Waals surface area contributed by atoms with Crippen LogP contribution in [0.3, 0.4) is 0 Å². The Hall–Kier alpha value is -1.94. The van der Waals surface area contributed by atoms with E-state index in [1.165, 1.54) is 283 Å². The third kappa shape index (κ3) is 76.8. The summed E-state index contributed by atoms with van der Waals surface area (Å²) in [5.41, 5.74) is 0. The molecule has 3 N–H and O–H groups in total. The first-order chi connectivity index (χ1) is 50.6. The fraction of sp³-hybridized carbons (Fsp3) is 0.953. The molecule has 618 valence electrons. The maximum atomic E-state index is 13.1. The molecule has 0 saturated carbocycles. The molecule has 0 aromatic rings. The first-order valence-corrected chi connectivity index (χ1v) is 47.2. The van der Waals surface area contributed by atoms with Gasteiger partial charge in [-0.25, -0.2) is 9.13 Å². The molecule has 0 aliphatic carbocycles. The molecule has 3 unspecified atom stereocenters. The Labute approximate surface area is 638 Å². The van der Waals surface area contributed by atoms with Gasteiger partial charge in [0.05, 0.1) is 26.4 Å².